The number of aliphatic hydroxyl groups is 1. The van der Waals surface area contributed by atoms with E-state index in [9.17, 15) is 9.59 Å². The Hall–Kier alpha value is -1.14. The van der Waals surface area contributed by atoms with Crippen molar-refractivity contribution in [2.75, 3.05) is 39.9 Å². The summed E-state index contributed by atoms with van der Waals surface area (Å²) in [4.78, 5) is 23.8. The third-order valence-corrected chi connectivity index (χ3v) is 1.77. The van der Waals surface area contributed by atoms with Gasteiger partial charge in [0.15, 0.2) is 5.78 Å². The number of carbonyl (C=O) groups excluding carboxylic acids is 2. The second-order valence-corrected chi connectivity index (χ2v) is 3.41. The normalized spacial score (nSPS) is 9.94. The molecule has 6 nitrogen and oxygen atoms in total. The third kappa shape index (κ3) is 7.19. The summed E-state index contributed by atoms with van der Waals surface area (Å²) in [5.74, 6) is -0.121. The molecule has 0 atom stereocenters. The van der Waals surface area contributed by atoms with E-state index in [1.54, 1.807) is 0 Å². The SMILES string of the molecule is CCCOC(=O)N(C)CC(=O)CNCCO. The molecule has 0 spiro atoms. The molecule has 2 N–H and O–H groups in total. The largest absolute Gasteiger partial charge is 0.449 e. The Kier molecular flexibility index (Phi) is 8.46. The molecular formula is C10H20N2O4. The van der Waals surface area contributed by atoms with Crippen molar-refractivity contribution >= 4 is 11.9 Å². The van der Waals surface area contributed by atoms with Gasteiger partial charge in [-0.05, 0) is 6.42 Å². The number of rotatable bonds is 8. The van der Waals surface area contributed by atoms with Crippen LogP contribution in [0.15, 0.2) is 0 Å². The molecule has 0 aliphatic heterocycles. The number of hydrogen-bond acceptors (Lipinski definition) is 5. The summed E-state index contributed by atoms with van der Waals surface area (Å²) >= 11 is 0. The van der Waals surface area contributed by atoms with Crippen LogP contribution in [0.2, 0.25) is 0 Å². The molecule has 0 aliphatic carbocycles. The molecule has 0 aromatic rings. The summed E-state index contributed by atoms with van der Waals surface area (Å²) in [5.41, 5.74) is 0. The number of nitrogens with one attached hydrogen (secondary N) is 1. The van der Waals surface area contributed by atoms with Crippen LogP contribution < -0.4 is 5.32 Å². The molecule has 0 aromatic carbocycles. The van der Waals surface area contributed by atoms with Crippen molar-refractivity contribution in [3.05, 3.63) is 0 Å². The maximum Gasteiger partial charge on any atom is 0.409 e. The molecule has 0 saturated heterocycles. The van der Waals surface area contributed by atoms with Gasteiger partial charge >= 0.3 is 6.09 Å². The maximum absolute atomic E-state index is 11.3. The van der Waals surface area contributed by atoms with Gasteiger partial charge in [-0.3, -0.25) is 4.79 Å². The van der Waals surface area contributed by atoms with Crippen molar-refractivity contribution in [3.63, 3.8) is 0 Å². The lowest BCUT2D eigenvalue weighted by Gasteiger charge is -2.15. The topological polar surface area (TPSA) is 78.9 Å². The second-order valence-electron chi connectivity index (χ2n) is 3.41. The van der Waals surface area contributed by atoms with E-state index in [0.29, 0.717) is 13.2 Å². The Morgan fingerprint density at radius 1 is 1.44 bits per heavy atom. The zero-order chi connectivity index (χ0) is 12.4. The predicted molar refractivity (Wildman–Crippen MR) is 59.2 cm³/mol. The highest BCUT2D eigenvalue weighted by Crippen LogP contribution is 1.91. The van der Waals surface area contributed by atoms with Gasteiger partial charge in [-0.1, -0.05) is 6.92 Å². The highest BCUT2D eigenvalue weighted by atomic mass is 16.6. The van der Waals surface area contributed by atoms with Crippen LogP contribution in [-0.2, 0) is 9.53 Å². The van der Waals surface area contributed by atoms with Gasteiger partial charge in [0.05, 0.1) is 26.3 Å². The van der Waals surface area contributed by atoms with Gasteiger partial charge < -0.3 is 20.1 Å². The average Bonchev–Trinajstić information content (AvgIpc) is 2.26. The molecule has 0 radical (unpaired) electrons. The van der Waals surface area contributed by atoms with Gasteiger partial charge in [0.25, 0.3) is 0 Å². The summed E-state index contributed by atoms with van der Waals surface area (Å²) in [6, 6.07) is 0. The van der Waals surface area contributed by atoms with Gasteiger partial charge in [-0.15, -0.1) is 0 Å². The number of ether oxygens (including phenoxy) is 1. The lowest BCUT2D eigenvalue weighted by atomic mass is 10.3. The Bertz CT molecular complexity index is 221. The minimum Gasteiger partial charge on any atom is -0.449 e. The van der Waals surface area contributed by atoms with Crippen LogP contribution in [0, 0.1) is 0 Å². The zero-order valence-electron chi connectivity index (χ0n) is 9.86. The molecule has 1 amide bonds. The minimum atomic E-state index is -0.489. The molecule has 0 unspecified atom stereocenters. The first-order chi connectivity index (χ1) is 7.61. The van der Waals surface area contributed by atoms with E-state index in [4.69, 9.17) is 9.84 Å². The summed E-state index contributed by atoms with van der Waals surface area (Å²) in [6.07, 6.45) is 0.267. The van der Waals surface area contributed by atoms with Crippen LogP contribution in [0.4, 0.5) is 4.79 Å². The molecule has 94 valence electrons. The van der Waals surface area contributed by atoms with Crippen LogP contribution in [0.25, 0.3) is 0 Å². The van der Waals surface area contributed by atoms with E-state index < -0.39 is 6.09 Å². The van der Waals surface area contributed by atoms with Gasteiger partial charge in [0.1, 0.15) is 0 Å². The standard InChI is InChI=1S/C10H20N2O4/c1-3-6-16-10(15)12(2)8-9(14)7-11-4-5-13/h11,13H,3-8H2,1-2H3. The summed E-state index contributed by atoms with van der Waals surface area (Å²) in [6.45, 7) is 2.78. The van der Waals surface area contributed by atoms with Crippen molar-refractivity contribution in [1.29, 1.82) is 0 Å². The van der Waals surface area contributed by atoms with Crippen LogP contribution in [-0.4, -0.2) is 61.8 Å². The summed E-state index contributed by atoms with van der Waals surface area (Å²) < 4.78 is 4.85. The van der Waals surface area contributed by atoms with E-state index in [1.807, 2.05) is 6.92 Å². The fraction of sp³-hybridized carbons (Fsp3) is 0.800. The van der Waals surface area contributed by atoms with E-state index in [0.717, 1.165) is 6.42 Å². The number of likely N-dealkylation sites (N-methyl/N-ethyl adjacent to an activating group) is 1. The van der Waals surface area contributed by atoms with Crippen LogP contribution in [0.5, 0.6) is 0 Å². The van der Waals surface area contributed by atoms with Crippen molar-refractivity contribution < 1.29 is 19.4 Å². The Morgan fingerprint density at radius 3 is 2.69 bits per heavy atom. The van der Waals surface area contributed by atoms with Crippen LogP contribution in [0.1, 0.15) is 13.3 Å². The van der Waals surface area contributed by atoms with E-state index >= 15 is 0 Å². The lowest BCUT2D eigenvalue weighted by molar-refractivity contribution is -0.118. The number of carbonyl (C=O) groups is 2. The summed E-state index contributed by atoms with van der Waals surface area (Å²) in [5, 5.41) is 11.2. The Labute approximate surface area is 95.6 Å². The van der Waals surface area contributed by atoms with Crippen LogP contribution in [0.3, 0.4) is 0 Å². The van der Waals surface area contributed by atoms with Crippen molar-refractivity contribution in [2.24, 2.45) is 0 Å². The fourth-order valence-electron chi connectivity index (χ4n) is 0.991. The van der Waals surface area contributed by atoms with E-state index in [2.05, 4.69) is 5.32 Å². The maximum atomic E-state index is 11.3. The van der Waals surface area contributed by atoms with E-state index in [1.165, 1.54) is 11.9 Å². The number of amides is 1. The third-order valence-electron chi connectivity index (χ3n) is 1.77. The minimum absolute atomic E-state index is 0.0122. The molecule has 6 heteroatoms. The Balaban J connectivity index is 3.71. The molecule has 0 bridgehead atoms. The first kappa shape index (κ1) is 14.9. The van der Waals surface area contributed by atoms with Crippen LogP contribution >= 0.6 is 0 Å². The van der Waals surface area contributed by atoms with Gasteiger partial charge in [-0.25, -0.2) is 4.79 Å². The molecule has 0 saturated carbocycles. The molecule has 0 rings (SSSR count). The number of aliphatic hydroxyl groups excluding tert-OH is 1. The average molecular weight is 232 g/mol. The lowest BCUT2D eigenvalue weighted by Crippen LogP contribution is -2.37. The highest BCUT2D eigenvalue weighted by molar-refractivity contribution is 5.85. The number of Topliss-reactive ketones (excluding diaryl/α,β-unsaturated/α-hetero) is 1. The molecule has 0 fully saturated rings. The quantitative estimate of drug-likeness (QED) is 0.557. The Morgan fingerprint density at radius 2 is 2.12 bits per heavy atom. The molecule has 16 heavy (non-hydrogen) atoms. The first-order valence-electron chi connectivity index (χ1n) is 5.33. The van der Waals surface area contributed by atoms with Gasteiger partial charge in [-0.2, -0.15) is 0 Å². The van der Waals surface area contributed by atoms with Gasteiger partial charge in [0, 0.05) is 13.6 Å². The van der Waals surface area contributed by atoms with Crippen molar-refractivity contribution in [1.82, 2.24) is 10.2 Å². The molecular weight excluding hydrogens is 212 g/mol. The van der Waals surface area contributed by atoms with Crippen molar-refractivity contribution in [2.45, 2.75) is 13.3 Å². The fourth-order valence-corrected chi connectivity index (χ4v) is 0.991. The predicted octanol–water partition coefficient (Wildman–Crippen LogP) is -0.384. The smallest absolute Gasteiger partial charge is 0.409 e. The first-order valence-corrected chi connectivity index (χ1v) is 5.33. The number of hydrogen-bond donors (Lipinski definition) is 2. The molecule has 0 aromatic heterocycles. The number of ketones is 1. The van der Waals surface area contributed by atoms with E-state index in [-0.39, 0.29) is 25.5 Å². The van der Waals surface area contributed by atoms with Gasteiger partial charge in [0.2, 0.25) is 0 Å². The summed E-state index contributed by atoms with van der Waals surface area (Å²) in [7, 11) is 1.52. The second kappa shape index (κ2) is 9.11. The molecule has 0 aliphatic rings. The zero-order valence-corrected chi connectivity index (χ0v) is 9.86. The molecule has 0 heterocycles. The monoisotopic (exact) mass is 232 g/mol. The van der Waals surface area contributed by atoms with Crippen molar-refractivity contribution in [3.8, 4) is 0 Å². The highest BCUT2D eigenvalue weighted by Gasteiger charge is 2.13. The number of nitrogens with zero attached hydrogens (tertiary/aromatic N) is 1.